The van der Waals surface area contributed by atoms with Gasteiger partial charge in [0.15, 0.2) is 0 Å². The third-order valence-corrected chi connectivity index (χ3v) is 3.83. The van der Waals surface area contributed by atoms with Crippen LogP contribution in [0.2, 0.25) is 0 Å². The number of thiazole rings is 1. The number of aromatic nitrogens is 1. The van der Waals surface area contributed by atoms with Crippen LogP contribution in [0.15, 0.2) is 29.6 Å². The van der Waals surface area contributed by atoms with Crippen molar-refractivity contribution in [3.63, 3.8) is 0 Å². The fraction of sp³-hybridized carbons (Fsp3) is 0.357. The molecule has 0 aliphatic heterocycles. The zero-order valence-corrected chi connectivity index (χ0v) is 12.3. The molecule has 0 aliphatic carbocycles. The Hall–Kier alpha value is -0.900. The van der Waals surface area contributed by atoms with E-state index in [1.54, 1.807) is 11.3 Å². The lowest BCUT2D eigenvalue weighted by Gasteiger charge is -2.15. The van der Waals surface area contributed by atoms with Gasteiger partial charge in [-0.1, -0.05) is 29.8 Å². The molecule has 0 saturated carbocycles. The molecule has 1 aromatic heterocycles. The Kier molecular flexibility index (Phi) is 4.75. The van der Waals surface area contributed by atoms with Crippen LogP contribution in [-0.2, 0) is 19.0 Å². The van der Waals surface area contributed by atoms with Crippen molar-refractivity contribution in [3.8, 4) is 0 Å². The van der Waals surface area contributed by atoms with Crippen LogP contribution in [0.3, 0.4) is 0 Å². The van der Waals surface area contributed by atoms with Gasteiger partial charge in [0, 0.05) is 11.9 Å². The van der Waals surface area contributed by atoms with E-state index in [0.29, 0.717) is 5.88 Å². The second-order valence-corrected chi connectivity index (χ2v) is 5.74. The molecule has 0 fully saturated rings. The summed E-state index contributed by atoms with van der Waals surface area (Å²) >= 11 is 7.43. The summed E-state index contributed by atoms with van der Waals surface area (Å²) in [5.41, 5.74) is 3.62. The van der Waals surface area contributed by atoms with E-state index in [0.717, 1.165) is 23.8 Å². The van der Waals surface area contributed by atoms with Crippen molar-refractivity contribution in [3.05, 3.63) is 51.5 Å². The van der Waals surface area contributed by atoms with Crippen LogP contribution < -0.4 is 0 Å². The maximum absolute atomic E-state index is 5.75. The molecule has 96 valence electrons. The molecule has 0 aliphatic rings. The van der Waals surface area contributed by atoms with Gasteiger partial charge in [0.1, 0.15) is 5.01 Å². The Morgan fingerprint density at radius 2 is 2.17 bits per heavy atom. The highest BCUT2D eigenvalue weighted by Crippen LogP contribution is 2.15. The molecule has 0 amide bonds. The summed E-state index contributed by atoms with van der Waals surface area (Å²) in [6, 6.07) is 8.61. The molecular weight excluding hydrogens is 264 g/mol. The zero-order valence-electron chi connectivity index (χ0n) is 10.7. The monoisotopic (exact) mass is 280 g/mol. The summed E-state index contributed by atoms with van der Waals surface area (Å²) < 4.78 is 0. The standard InChI is InChI=1S/C14H17ClN2S/c1-11-4-3-5-12(6-11)8-17(2)9-14-16-13(7-15)10-18-14/h3-6,10H,7-9H2,1-2H3. The summed E-state index contributed by atoms with van der Waals surface area (Å²) in [5, 5.41) is 3.16. The number of hydrogen-bond acceptors (Lipinski definition) is 3. The van der Waals surface area contributed by atoms with E-state index >= 15 is 0 Å². The van der Waals surface area contributed by atoms with Gasteiger partial charge in [0.05, 0.1) is 18.1 Å². The molecule has 0 N–H and O–H groups in total. The van der Waals surface area contributed by atoms with Crippen molar-refractivity contribution in [2.45, 2.75) is 25.9 Å². The number of benzene rings is 1. The smallest absolute Gasteiger partial charge is 0.107 e. The fourth-order valence-electron chi connectivity index (χ4n) is 1.89. The molecule has 18 heavy (non-hydrogen) atoms. The third kappa shape index (κ3) is 3.80. The molecule has 0 radical (unpaired) electrons. The minimum atomic E-state index is 0.498. The van der Waals surface area contributed by atoms with E-state index in [4.69, 9.17) is 11.6 Å². The summed E-state index contributed by atoms with van der Waals surface area (Å²) in [5.74, 6) is 0.498. The van der Waals surface area contributed by atoms with Gasteiger partial charge >= 0.3 is 0 Å². The van der Waals surface area contributed by atoms with E-state index in [1.165, 1.54) is 11.1 Å². The number of hydrogen-bond donors (Lipinski definition) is 0. The van der Waals surface area contributed by atoms with Gasteiger partial charge in [-0.25, -0.2) is 4.98 Å². The topological polar surface area (TPSA) is 16.1 Å². The molecule has 1 heterocycles. The van der Waals surface area contributed by atoms with Crippen molar-refractivity contribution in [2.75, 3.05) is 7.05 Å². The van der Waals surface area contributed by atoms with Gasteiger partial charge in [0.25, 0.3) is 0 Å². The van der Waals surface area contributed by atoms with Gasteiger partial charge in [-0.3, -0.25) is 4.90 Å². The molecule has 2 aromatic rings. The summed E-state index contributed by atoms with van der Waals surface area (Å²) in [6.07, 6.45) is 0. The van der Waals surface area contributed by atoms with Crippen LogP contribution in [0.1, 0.15) is 21.8 Å². The third-order valence-electron chi connectivity index (χ3n) is 2.68. The highest BCUT2D eigenvalue weighted by Gasteiger charge is 2.06. The Labute approximate surface area is 117 Å². The normalized spacial score (nSPS) is 11.1. The van der Waals surface area contributed by atoms with E-state index in [1.807, 2.05) is 5.38 Å². The Bertz CT molecular complexity index is 510. The van der Waals surface area contributed by atoms with Crippen LogP contribution in [0.4, 0.5) is 0 Å². The van der Waals surface area contributed by atoms with Gasteiger partial charge in [0.2, 0.25) is 0 Å². The average Bonchev–Trinajstić information content (AvgIpc) is 2.76. The molecule has 0 atom stereocenters. The van der Waals surface area contributed by atoms with Gasteiger partial charge in [-0.15, -0.1) is 22.9 Å². The van der Waals surface area contributed by atoms with E-state index in [-0.39, 0.29) is 0 Å². The summed E-state index contributed by atoms with van der Waals surface area (Å²) in [7, 11) is 2.12. The lowest BCUT2D eigenvalue weighted by atomic mass is 10.1. The first-order valence-electron chi connectivity index (χ1n) is 5.90. The van der Waals surface area contributed by atoms with E-state index < -0.39 is 0 Å². The lowest BCUT2D eigenvalue weighted by Crippen LogP contribution is -2.17. The molecule has 1 aromatic carbocycles. The largest absolute Gasteiger partial charge is 0.295 e. The van der Waals surface area contributed by atoms with Crippen LogP contribution in [0.25, 0.3) is 0 Å². The first-order valence-corrected chi connectivity index (χ1v) is 7.32. The number of nitrogens with zero attached hydrogens (tertiary/aromatic N) is 2. The highest BCUT2D eigenvalue weighted by molar-refractivity contribution is 7.09. The number of halogens is 1. The van der Waals surface area contributed by atoms with Crippen molar-refractivity contribution >= 4 is 22.9 Å². The quantitative estimate of drug-likeness (QED) is 0.774. The predicted octanol–water partition coefficient (Wildman–Crippen LogP) is 3.82. The van der Waals surface area contributed by atoms with Crippen molar-refractivity contribution in [1.29, 1.82) is 0 Å². The molecule has 0 spiro atoms. The highest BCUT2D eigenvalue weighted by atomic mass is 35.5. The summed E-state index contributed by atoms with van der Waals surface area (Å²) in [4.78, 5) is 6.74. The van der Waals surface area contributed by atoms with Gasteiger partial charge in [-0.05, 0) is 19.5 Å². The molecule has 0 unspecified atom stereocenters. The number of alkyl halides is 1. The number of aryl methyl sites for hydroxylation is 1. The molecule has 4 heteroatoms. The first kappa shape index (κ1) is 13.5. The maximum atomic E-state index is 5.75. The van der Waals surface area contributed by atoms with E-state index in [9.17, 15) is 0 Å². The predicted molar refractivity (Wildman–Crippen MR) is 78.0 cm³/mol. The van der Waals surface area contributed by atoms with Crippen molar-refractivity contribution in [2.24, 2.45) is 0 Å². The molecular formula is C14H17ClN2S. The molecule has 0 bridgehead atoms. The average molecular weight is 281 g/mol. The second kappa shape index (κ2) is 6.32. The zero-order chi connectivity index (χ0) is 13.0. The van der Waals surface area contributed by atoms with Gasteiger partial charge < -0.3 is 0 Å². The molecule has 2 rings (SSSR count). The minimum Gasteiger partial charge on any atom is -0.295 e. The molecule has 2 nitrogen and oxygen atoms in total. The fourth-order valence-corrected chi connectivity index (χ4v) is 2.99. The van der Waals surface area contributed by atoms with Gasteiger partial charge in [-0.2, -0.15) is 0 Å². The SMILES string of the molecule is Cc1cccc(CN(C)Cc2nc(CCl)cs2)c1. The Morgan fingerprint density at radius 1 is 1.33 bits per heavy atom. The second-order valence-electron chi connectivity index (χ2n) is 4.53. The maximum Gasteiger partial charge on any atom is 0.107 e. The van der Waals surface area contributed by atoms with E-state index in [2.05, 4.69) is 48.1 Å². The van der Waals surface area contributed by atoms with Crippen LogP contribution in [-0.4, -0.2) is 16.9 Å². The first-order chi connectivity index (χ1) is 8.67. The van der Waals surface area contributed by atoms with Crippen molar-refractivity contribution in [1.82, 2.24) is 9.88 Å². The van der Waals surface area contributed by atoms with Crippen LogP contribution >= 0.6 is 22.9 Å². The van der Waals surface area contributed by atoms with Crippen LogP contribution in [0.5, 0.6) is 0 Å². The minimum absolute atomic E-state index is 0.498. The summed E-state index contributed by atoms with van der Waals surface area (Å²) in [6.45, 7) is 3.93. The Morgan fingerprint density at radius 3 is 2.83 bits per heavy atom. The number of rotatable bonds is 5. The lowest BCUT2D eigenvalue weighted by molar-refractivity contribution is 0.318. The van der Waals surface area contributed by atoms with Crippen molar-refractivity contribution < 1.29 is 0 Å². The Balaban J connectivity index is 1.94. The van der Waals surface area contributed by atoms with Crippen LogP contribution in [0, 0.1) is 6.92 Å². The molecule has 0 saturated heterocycles.